The van der Waals surface area contributed by atoms with Gasteiger partial charge in [0.05, 0.1) is 0 Å². The van der Waals surface area contributed by atoms with Crippen LogP contribution in [0.5, 0.6) is 0 Å². The molecular formula is C18H17N3O2. The molecule has 0 saturated carbocycles. The number of nitrogens with one attached hydrogen (secondary N) is 1. The van der Waals surface area contributed by atoms with Gasteiger partial charge in [0.25, 0.3) is 0 Å². The van der Waals surface area contributed by atoms with E-state index in [2.05, 4.69) is 33.7 Å². The molecule has 0 unspecified atom stereocenters. The van der Waals surface area contributed by atoms with E-state index in [0.29, 0.717) is 5.82 Å². The normalized spacial score (nSPS) is 10.7. The lowest BCUT2D eigenvalue weighted by atomic mass is 9.99. The Morgan fingerprint density at radius 3 is 2.57 bits per heavy atom. The summed E-state index contributed by atoms with van der Waals surface area (Å²) >= 11 is 0. The van der Waals surface area contributed by atoms with Crippen LogP contribution in [0.1, 0.15) is 11.1 Å². The summed E-state index contributed by atoms with van der Waals surface area (Å²) in [5, 5.41) is 22.0. The number of carboxylic acid groups (broad SMARTS) is 1. The van der Waals surface area contributed by atoms with Crippen molar-refractivity contribution in [3.05, 3.63) is 53.6 Å². The highest BCUT2D eigenvalue weighted by Crippen LogP contribution is 2.31. The van der Waals surface area contributed by atoms with E-state index in [1.54, 1.807) is 0 Å². The molecule has 0 aliphatic heterocycles. The number of hydrogen-bond acceptors (Lipinski definition) is 4. The zero-order valence-corrected chi connectivity index (χ0v) is 13.0. The quantitative estimate of drug-likeness (QED) is 0.772. The van der Waals surface area contributed by atoms with Gasteiger partial charge in [-0.25, -0.2) is 0 Å². The van der Waals surface area contributed by atoms with Crippen molar-refractivity contribution in [3.8, 4) is 11.3 Å². The SMILES string of the molecule is Cc1ccc(C)c(-c2nnc(NCC(=O)O)c3ccccc23)c1. The van der Waals surface area contributed by atoms with Crippen molar-refractivity contribution in [1.82, 2.24) is 10.2 Å². The molecule has 0 aliphatic carbocycles. The Kier molecular flexibility index (Phi) is 3.93. The molecule has 3 aromatic rings. The molecule has 0 aliphatic rings. The lowest BCUT2D eigenvalue weighted by Crippen LogP contribution is -2.14. The number of benzene rings is 2. The fourth-order valence-electron chi connectivity index (χ4n) is 2.58. The highest BCUT2D eigenvalue weighted by molar-refractivity contribution is 6.00. The number of hydrogen-bond donors (Lipinski definition) is 2. The Morgan fingerprint density at radius 2 is 1.83 bits per heavy atom. The maximum absolute atomic E-state index is 10.8. The number of aromatic nitrogens is 2. The van der Waals surface area contributed by atoms with Crippen molar-refractivity contribution in [2.45, 2.75) is 13.8 Å². The summed E-state index contributed by atoms with van der Waals surface area (Å²) in [5.41, 5.74) is 4.13. The molecule has 1 aromatic heterocycles. The Labute approximate surface area is 134 Å². The first kappa shape index (κ1) is 15.0. The molecule has 2 aromatic carbocycles. The Balaban J connectivity index is 2.18. The minimum absolute atomic E-state index is 0.193. The standard InChI is InChI=1S/C18H17N3O2/c1-11-7-8-12(2)15(9-11)17-13-5-3-4-6-14(13)18(21-20-17)19-10-16(22)23/h3-9H,10H2,1-2H3,(H,19,21)(H,22,23). The number of aryl methyl sites for hydroxylation is 2. The molecule has 0 radical (unpaired) electrons. The van der Waals surface area contributed by atoms with Crippen LogP contribution < -0.4 is 5.32 Å². The van der Waals surface area contributed by atoms with E-state index >= 15 is 0 Å². The molecule has 2 N–H and O–H groups in total. The van der Waals surface area contributed by atoms with Gasteiger partial charge in [-0.15, -0.1) is 10.2 Å². The van der Waals surface area contributed by atoms with Gasteiger partial charge in [-0.3, -0.25) is 4.79 Å². The van der Waals surface area contributed by atoms with E-state index in [-0.39, 0.29) is 6.54 Å². The van der Waals surface area contributed by atoms with Crippen LogP contribution in [0, 0.1) is 13.8 Å². The number of nitrogens with zero attached hydrogens (tertiary/aromatic N) is 2. The van der Waals surface area contributed by atoms with Crippen molar-refractivity contribution in [1.29, 1.82) is 0 Å². The zero-order valence-electron chi connectivity index (χ0n) is 13.0. The summed E-state index contributed by atoms with van der Waals surface area (Å²) in [7, 11) is 0. The number of fused-ring (bicyclic) bond motifs is 1. The van der Waals surface area contributed by atoms with Crippen LogP contribution in [0.2, 0.25) is 0 Å². The molecule has 0 spiro atoms. The van der Waals surface area contributed by atoms with Crippen molar-refractivity contribution in [3.63, 3.8) is 0 Å². The van der Waals surface area contributed by atoms with E-state index in [9.17, 15) is 4.79 Å². The van der Waals surface area contributed by atoms with Gasteiger partial charge >= 0.3 is 5.97 Å². The van der Waals surface area contributed by atoms with Crippen LogP contribution in [-0.4, -0.2) is 27.8 Å². The smallest absolute Gasteiger partial charge is 0.322 e. The minimum Gasteiger partial charge on any atom is -0.480 e. The highest BCUT2D eigenvalue weighted by atomic mass is 16.4. The second-order valence-corrected chi connectivity index (χ2v) is 5.51. The summed E-state index contributed by atoms with van der Waals surface area (Å²) in [4.78, 5) is 10.8. The highest BCUT2D eigenvalue weighted by Gasteiger charge is 2.13. The zero-order chi connectivity index (χ0) is 16.4. The number of anilines is 1. The maximum Gasteiger partial charge on any atom is 0.322 e. The molecule has 23 heavy (non-hydrogen) atoms. The van der Waals surface area contributed by atoms with Gasteiger partial charge in [-0.1, -0.05) is 42.0 Å². The Morgan fingerprint density at radius 1 is 1.09 bits per heavy atom. The van der Waals surface area contributed by atoms with Crippen molar-refractivity contribution >= 4 is 22.6 Å². The third-order valence-corrected chi connectivity index (χ3v) is 3.74. The number of carbonyl (C=O) groups is 1. The first-order valence-electron chi connectivity index (χ1n) is 7.35. The van der Waals surface area contributed by atoms with E-state index in [1.165, 1.54) is 0 Å². The average molecular weight is 307 g/mol. The molecule has 5 heteroatoms. The molecule has 5 nitrogen and oxygen atoms in total. The van der Waals surface area contributed by atoms with Gasteiger partial charge in [-0.2, -0.15) is 0 Å². The molecule has 0 amide bonds. The molecule has 0 saturated heterocycles. The second-order valence-electron chi connectivity index (χ2n) is 5.51. The molecule has 1 heterocycles. The average Bonchev–Trinajstić information content (AvgIpc) is 2.55. The van der Waals surface area contributed by atoms with Gasteiger partial charge in [-0.05, 0) is 25.5 Å². The van der Waals surface area contributed by atoms with Crippen molar-refractivity contribution < 1.29 is 9.90 Å². The third kappa shape index (κ3) is 2.99. The lowest BCUT2D eigenvalue weighted by molar-refractivity contribution is -0.134. The summed E-state index contributed by atoms with van der Waals surface area (Å²) in [6.07, 6.45) is 0. The van der Waals surface area contributed by atoms with Crippen LogP contribution in [-0.2, 0) is 4.79 Å². The van der Waals surface area contributed by atoms with Gasteiger partial charge in [0.1, 0.15) is 12.2 Å². The Bertz CT molecular complexity index is 891. The van der Waals surface area contributed by atoms with Gasteiger partial charge in [0.2, 0.25) is 0 Å². The molecular weight excluding hydrogens is 290 g/mol. The summed E-state index contributed by atoms with van der Waals surface area (Å²) < 4.78 is 0. The van der Waals surface area contributed by atoms with Crippen LogP contribution in [0.4, 0.5) is 5.82 Å². The minimum atomic E-state index is -0.936. The molecule has 0 atom stereocenters. The lowest BCUT2D eigenvalue weighted by Gasteiger charge is -2.12. The molecule has 116 valence electrons. The summed E-state index contributed by atoms with van der Waals surface area (Å²) in [5.74, 6) is -0.452. The topological polar surface area (TPSA) is 75.1 Å². The third-order valence-electron chi connectivity index (χ3n) is 3.74. The Hall–Kier alpha value is -2.95. The van der Waals surface area contributed by atoms with Gasteiger partial charge < -0.3 is 10.4 Å². The van der Waals surface area contributed by atoms with Crippen LogP contribution in [0.25, 0.3) is 22.0 Å². The maximum atomic E-state index is 10.8. The second kappa shape index (κ2) is 6.04. The molecule has 0 fully saturated rings. The fraction of sp³-hybridized carbons (Fsp3) is 0.167. The van der Waals surface area contributed by atoms with E-state index in [0.717, 1.165) is 33.2 Å². The van der Waals surface area contributed by atoms with Gasteiger partial charge in [0.15, 0.2) is 5.82 Å². The molecule has 0 bridgehead atoms. The van der Waals surface area contributed by atoms with Crippen LogP contribution in [0.3, 0.4) is 0 Å². The monoisotopic (exact) mass is 307 g/mol. The first-order chi connectivity index (χ1) is 11.1. The predicted molar refractivity (Wildman–Crippen MR) is 90.6 cm³/mol. The van der Waals surface area contributed by atoms with Crippen LogP contribution >= 0.6 is 0 Å². The number of aliphatic carboxylic acids is 1. The summed E-state index contributed by atoms with van der Waals surface area (Å²) in [6, 6.07) is 14.0. The van der Waals surface area contributed by atoms with E-state index in [4.69, 9.17) is 5.11 Å². The largest absolute Gasteiger partial charge is 0.480 e. The van der Waals surface area contributed by atoms with Crippen molar-refractivity contribution in [2.24, 2.45) is 0 Å². The molecule has 3 rings (SSSR count). The van der Waals surface area contributed by atoms with E-state index in [1.807, 2.05) is 38.1 Å². The fourth-order valence-corrected chi connectivity index (χ4v) is 2.58. The van der Waals surface area contributed by atoms with Crippen molar-refractivity contribution in [2.75, 3.05) is 11.9 Å². The predicted octanol–water partition coefficient (Wildman–Crippen LogP) is 3.41. The summed E-state index contributed by atoms with van der Waals surface area (Å²) in [6.45, 7) is 3.89. The number of rotatable bonds is 4. The first-order valence-corrected chi connectivity index (χ1v) is 7.35. The number of carboxylic acids is 1. The van der Waals surface area contributed by atoms with Crippen LogP contribution in [0.15, 0.2) is 42.5 Å². The van der Waals surface area contributed by atoms with E-state index < -0.39 is 5.97 Å². The van der Waals surface area contributed by atoms with Gasteiger partial charge in [0, 0.05) is 16.3 Å².